The van der Waals surface area contributed by atoms with Crippen molar-refractivity contribution < 1.29 is 4.79 Å². The minimum atomic E-state index is 0.0978. The van der Waals surface area contributed by atoms with Crippen molar-refractivity contribution in [1.82, 2.24) is 19.2 Å². The van der Waals surface area contributed by atoms with Gasteiger partial charge in [-0.25, -0.2) is 0 Å². The molecule has 3 aromatic rings. The van der Waals surface area contributed by atoms with E-state index in [0.717, 1.165) is 42.1 Å². The first kappa shape index (κ1) is 16.6. The van der Waals surface area contributed by atoms with E-state index < -0.39 is 0 Å². The van der Waals surface area contributed by atoms with E-state index in [4.69, 9.17) is 0 Å². The Bertz CT molecular complexity index is 935. The second-order valence-corrected chi connectivity index (χ2v) is 7.08. The summed E-state index contributed by atoms with van der Waals surface area (Å²) in [6, 6.07) is 14.2. The van der Waals surface area contributed by atoms with E-state index in [1.807, 2.05) is 46.8 Å². The molecule has 0 radical (unpaired) electrons. The molecule has 134 valence electrons. The number of rotatable bonds is 3. The zero-order valence-electron chi connectivity index (χ0n) is 15.5. The Balaban J connectivity index is 1.50. The number of carbonyl (C=O) groups is 1. The van der Waals surface area contributed by atoms with Gasteiger partial charge in [0.15, 0.2) is 0 Å². The van der Waals surface area contributed by atoms with Crippen molar-refractivity contribution in [3.63, 3.8) is 0 Å². The third-order valence-corrected chi connectivity index (χ3v) is 5.24. The fourth-order valence-electron chi connectivity index (χ4n) is 3.78. The minimum absolute atomic E-state index is 0.0978. The molecule has 0 saturated heterocycles. The van der Waals surface area contributed by atoms with Crippen molar-refractivity contribution in [2.45, 2.75) is 39.9 Å². The Kier molecular flexibility index (Phi) is 4.15. The lowest BCUT2D eigenvalue weighted by Gasteiger charge is -2.35. The molecule has 1 aromatic carbocycles. The van der Waals surface area contributed by atoms with Gasteiger partial charge in [0.2, 0.25) is 0 Å². The molecule has 0 unspecified atom stereocenters. The summed E-state index contributed by atoms with van der Waals surface area (Å²) in [5.74, 6) is 0.0996. The Hall–Kier alpha value is -2.82. The molecular formula is C21H24N4O. The summed E-state index contributed by atoms with van der Waals surface area (Å²) in [4.78, 5) is 14.9. The number of nitrogens with zero attached hydrogens (tertiary/aromatic N) is 4. The maximum absolute atomic E-state index is 13.0. The van der Waals surface area contributed by atoms with Gasteiger partial charge in [-0.2, -0.15) is 5.10 Å². The van der Waals surface area contributed by atoms with Crippen LogP contribution in [0.5, 0.6) is 0 Å². The Morgan fingerprint density at radius 1 is 1.15 bits per heavy atom. The van der Waals surface area contributed by atoms with Crippen LogP contribution in [-0.4, -0.2) is 31.7 Å². The zero-order valence-corrected chi connectivity index (χ0v) is 15.5. The quantitative estimate of drug-likeness (QED) is 0.726. The highest BCUT2D eigenvalue weighted by Gasteiger charge is 2.27. The molecule has 4 rings (SSSR count). The van der Waals surface area contributed by atoms with Crippen LogP contribution in [0.25, 0.3) is 0 Å². The molecule has 1 aliphatic rings. The van der Waals surface area contributed by atoms with Gasteiger partial charge in [0, 0.05) is 36.2 Å². The molecule has 0 spiro atoms. The van der Waals surface area contributed by atoms with Gasteiger partial charge in [-0.15, -0.1) is 0 Å². The second-order valence-electron chi connectivity index (χ2n) is 7.08. The van der Waals surface area contributed by atoms with Crippen LogP contribution in [-0.2, 0) is 13.1 Å². The van der Waals surface area contributed by atoms with Gasteiger partial charge in [0.1, 0.15) is 0 Å². The van der Waals surface area contributed by atoms with Gasteiger partial charge in [-0.05, 0) is 56.7 Å². The Morgan fingerprint density at radius 2 is 1.92 bits per heavy atom. The standard InChI is InChI=1S/C21H24N4O/c1-15-13-16(2)25(22-15)14-18-6-8-19(9-7-18)21(26)24-12-11-23-10-4-5-20(23)17(24)3/h4-10,13,17H,11-12,14H2,1-3H3/t17-/m0/s1. The van der Waals surface area contributed by atoms with Crippen LogP contribution < -0.4 is 0 Å². The number of amides is 1. The SMILES string of the molecule is Cc1cc(C)n(Cc2ccc(C(=O)N3CCn4cccc4[C@@H]3C)cc2)n1. The highest BCUT2D eigenvalue weighted by atomic mass is 16.2. The maximum atomic E-state index is 13.0. The third kappa shape index (κ3) is 2.94. The third-order valence-electron chi connectivity index (χ3n) is 5.24. The number of aryl methyl sites for hydroxylation is 2. The highest BCUT2D eigenvalue weighted by molar-refractivity contribution is 5.94. The molecule has 5 heteroatoms. The number of fused-ring (bicyclic) bond motifs is 1. The molecule has 0 fully saturated rings. The van der Waals surface area contributed by atoms with Crippen LogP contribution in [0.4, 0.5) is 0 Å². The van der Waals surface area contributed by atoms with Crippen LogP contribution in [0.2, 0.25) is 0 Å². The Morgan fingerprint density at radius 3 is 2.62 bits per heavy atom. The lowest BCUT2D eigenvalue weighted by Crippen LogP contribution is -2.40. The molecule has 5 nitrogen and oxygen atoms in total. The molecule has 1 amide bonds. The summed E-state index contributed by atoms with van der Waals surface area (Å²) in [6.07, 6.45) is 2.08. The van der Waals surface area contributed by atoms with Gasteiger partial charge in [-0.3, -0.25) is 9.48 Å². The monoisotopic (exact) mass is 348 g/mol. The van der Waals surface area contributed by atoms with Crippen molar-refractivity contribution in [2.75, 3.05) is 6.54 Å². The number of aromatic nitrogens is 3. The van der Waals surface area contributed by atoms with Crippen LogP contribution in [0.3, 0.4) is 0 Å². The predicted octanol–water partition coefficient (Wildman–Crippen LogP) is 3.57. The van der Waals surface area contributed by atoms with E-state index >= 15 is 0 Å². The number of benzene rings is 1. The number of hydrogen-bond donors (Lipinski definition) is 0. The van der Waals surface area contributed by atoms with Crippen molar-refractivity contribution >= 4 is 5.91 Å². The zero-order chi connectivity index (χ0) is 18.3. The molecule has 3 heterocycles. The maximum Gasteiger partial charge on any atom is 0.254 e. The molecule has 0 aliphatic carbocycles. The van der Waals surface area contributed by atoms with Crippen LogP contribution in [0.15, 0.2) is 48.7 Å². The van der Waals surface area contributed by atoms with Gasteiger partial charge in [-0.1, -0.05) is 12.1 Å². The van der Waals surface area contributed by atoms with Gasteiger partial charge in [0.25, 0.3) is 5.91 Å². The lowest BCUT2D eigenvalue weighted by molar-refractivity contribution is 0.0644. The fraction of sp³-hybridized carbons (Fsp3) is 0.333. The Labute approximate surface area is 153 Å². The van der Waals surface area contributed by atoms with Gasteiger partial charge < -0.3 is 9.47 Å². The van der Waals surface area contributed by atoms with Crippen molar-refractivity contribution in [2.24, 2.45) is 0 Å². The van der Waals surface area contributed by atoms with Gasteiger partial charge >= 0.3 is 0 Å². The van der Waals surface area contributed by atoms with E-state index in [2.05, 4.69) is 41.8 Å². The average molecular weight is 348 g/mol. The first-order chi connectivity index (χ1) is 12.5. The molecule has 2 aromatic heterocycles. The van der Waals surface area contributed by atoms with Crippen molar-refractivity contribution in [3.05, 3.63) is 76.9 Å². The van der Waals surface area contributed by atoms with Gasteiger partial charge in [0.05, 0.1) is 18.3 Å². The minimum Gasteiger partial charge on any atom is -0.348 e. The molecule has 1 atom stereocenters. The summed E-state index contributed by atoms with van der Waals surface area (Å²) >= 11 is 0. The topological polar surface area (TPSA) is 43.1 Å². The van der Waals surface area contributed by atoms with Crippen LogP contribution in [0, 0.1) is 13.8 Å². The average Bonchev–Trinajstić information content (AvgIpc) is 3.22. The van der Waals surface area contributed by atoms with Crippen LogP contribution >= 0.6 is 0 Å². The summed E-state index contributed by atoms with van der Waals surface area (Å²) < 4.78 is 4.22. The number of hydrogen-bond acceptors (Lipinski definition) is 2. The van der Waals surface area contributed by atoms with E-state index in [-0.39, 0.29) is 11.9 Å². The molecule has 0 bridgehead atoms. The smallest absolute Gasteiger partial charge is 0.254 e. The molecule has 26 heavy (non-hydrogen) atoms. The van der Waals surface area contributed by atoms with E-state index in [1.165, 1.54) is 5.69 Å². The first-order valence-corrected chi connectivity index (χ1v) is 9.09. The number of carbonyl (C=O) groups excluding carboxylic acids is 1. The largest absolute Gasteiger partial charge is 0.348 e. The molecular weight excluding hydrogens is 324 g/mol. The summed E-state index contributed by atoms with van der Waals surface area (Å²) in [5.41, 5.74) is 5.26. The lowest BCUT2D eigenvalue weighted by atomic mass is 10.1. The van der Waals surface area contributed by atoms with Crippen molar-refractivity contribution in [1.29, 1.82) is 0 Å². The molecule has 0 N–H and O–H groups in total. The van der Waals surface area contributed by atoms with E-state index in [9.17, 15) is 4.79 Å². The van der Waals surface area contributed by atoms with E-state index in [0.29, 0.717) is 0 Å². The molecule has 1 aliphatic heterocycles. The second kappa shape index (κ2) is 6.48. The molecule has 0 saturated carbocycles. The predicted molar refractivity (Wildman–Crippen MR) is 101 cm³/mol. The highest BCUT2D eigenvalue weighted by Crippen LogP contribution is 2.27. The van der Waals surface area contributed by atoms with Crippen molar-refractivity contribution in [3.8, 4) is 0 Å². The fourth-order valence-corrected chi connectivity index (χ4v) is 3.78. The summed E-state index contributed by atoms with van der Waals surface area (Å²) in [7, 11) is 0. The normalized spacial score (nSPS) is 16.6. The first-order valence-electron chi connectivity index (χ1n) is 9.09. The van der Waals surface area contributed by atoms with Crippen LogP contribution in [0.1, 0.15) is 46.0 Å². The summed E-state index contributed by atoms with van der Waals surface area (Å²) in [6.45, 7) is 8.48. The summed E-state index contributed by atoms with van der Waals surface area (Å²) in [5, 5.41) is 4.50. The van der Waals surface area contributed by atoms with E-state index in [1.54, 1.807) is 0 Å².